The van der Waals surface area contributed by atoms with Crippen LogP contribution in [0.15, 0.2) is 65.2 Å². The highest BCUT2D eigenvalue weighted by molar-refractivity contribution is 6.32. The van der Waals surface area contributed by atoms with Crippen molar-refractivity contribution in [2.75, 3.05) is 25.0 Å². The van der Waals surface area contributed by atoms with E-state index in [1.54, 1.807) is 31.2 Å². The Balaban J connectivity index is 2.11. The lowest BCUT2D eigenvalue weighted by atomic mass is 10.1. The number of rotatable bonds is 8. The minimum Gasteiger partial charge on any atom is -0.506 e. The van der Waals surface area contributed by atoms with Crippen molar-refractivity contribution in [3.63, 3.8) is 0 Å². The van der Waals surface area contributed by atoms with E-state index in [0.717, 1.165) is 5.69 Å². The number of nitrogens with one attached hydrogen (secondary N) is 1. The number of anilines is 1. The highest BCUT2D eigenvalue weighted by Gasteiger charge is 2.17. The molecule has 0 aliphatic heterocycles. The maximum absolute atomic E-state index is 12.2. The number of benzene rings is 2. The largest absolute Gasteiger partial charge is 0.506 e. The Morgan fingerprint density at radius 3 is 2.58 bits per heavy atom. The number of aliphatic hydroxyl groups excluding tert-OH is 1. The van der Waals surface area contributed by atoms with E-state index >= 15 is 0 Å². The van der Waals surface area contributed by atoms with Crippen LogP contribution in [0.2, 0.25) is 5.02 Å². The topological polar surface area (TPSA) is 70.9 Å². The molecule has 0 bridgehead atoms. The quantitative estimate of drug-likeness (QED) is 0.237. The van der Waals surface area contributed by atoms with E-state index in [1.165, 1.54) is 6.21 Å². The average Bonchev–Trinajstić information content (AvgIpc) is 2.65. The van der Waals surface area contributed by atoms with Gasteiger partial charge >= 0.3 is 5.97 Å². The van der Waals surface area contributed by atoms with Crippen LogP contribution < -0.4 is 5.32 Å². The van der Waals surface area contributed by atoms with Gasteiger partial charge in [0, 0.05) is 24.0 Å². The third kappa shape index (κ3) is 5.63. The Kier molecular flexibility index (Phi) is 7.71. The number of aliphatic hydroxyl groups is 1. The predicted octanol–water partition coefficient (Wildman–Crippen LogP) is 4.36. The van der Waals surface area contributed by atoms with Crippen LogP contribution in [0.3, 0.4) is 0 Å². The first-order valence-electron chi connectivity index (χ1n) is 8.27. The summed E-state index contributed by atoms with van der Waals surface area (Å²) in [4.78, 5) is 16.4. The molecule has 0 unspecified atom stereocenters. The molecular weight excluding hydrogens is 352 g/mol. The normalized spacial score (nSPS) is 11.9. The summed E-state index contributed by atoms with van der Waals surface area (Å²) in [6.45, 7) is 2.90. The van der Waals surface area contributed by atoms with Gasteiger partial charge in [-0.25, -0.2) is 4.79 Å². The first-order valence-corrected chi connectivity index (χ1v) is 8.65. The van der Waals surface area contributed by atoms with Crippen LogP contribution in [0.25, 0.3) is 5.76 Å². The SMILES string of the molecule is CCOC(=O)C(C=NCCNc1ccccc1)=C(O)c1ccccc1Cl. The smallest absolute Gasteiger partial charge is 0.343 e. The second-order valence-corrected chi connectivity index (χ2v) is 5.70. The van der Waals surface area contributed by atoms with E-state index in [0.29, 0.717) is 23.7 Å². The number of carbonyl (C=O) groups is 1. The van der Waals surface area contributed by atoms with Crippen molar-refractivity contribution in [2.24, 2.45) is 4.99 Å². The van der Waals surface area contributed by atoms with Crippen LogP contribution in [0.4, 0.5) is 5.69 Å². The highest BCUT2D eigenvalue weighted by atomic mass is 35.5. The molecule has 0 aromatic heterocycles. The number of hydrogen-bond donors (Lipinski definition) is 2. The monoisotopic (exact) mass is 372 g/mol. The first-order chi connectivity index (χ1) is 12.6. The van der Waals surface area contributed by atoms with Gasteiger partial charge in [0.05, 0.1) is 18.2 Å². The Labute approximate surface area is 158 Å². The van der Waals surface area contributed by atoms with Crippen molar-refractivity contribution < 1.29 is 14.6 Å². The third-order valence-corrected chi connectivity index (χ3v) is 3.77. The molecule has 0 saturated heterocycles. The van der Waals surface area contributed by atoms with Gasteiger partial charge in [0.25, 0.3) is 0 Å². The van der Waals surface area contributed by atoms with E-state index in [2.05, 4.69) is 10.3 Å². The number of halogens is 1. The van der Waals surface area contributed by atoms with Gasteiger partial charge in [0.2, 0.25) is 0 Å². The first kappa shape index (κ1) is 19.5. The Morgan fingerprint density at radius 2 is 1.88 bits per heavy atom. The molecule has 0 radical (unpaired) electrons. The fourth-order valence-electron chi connectivity index (χ4n) is 2.19. The Morgan fingerprint density at radius 1 is 1.19 bits per heavy atom. The molecule has 6 heteroatoms. The van der Waals surface area contributed by atoms with Crippen LogP contribution in [0, 0.1) is 0 Å². The molecule has 0 aliphatic carbocycles. The Bertz CT molecular complexity index is 789. The van der Waals surface area contributed by atoms with Crippen molar-refractivity contribution in [3.05, 3.63) is 70.8 Å². The summed E-state index contributed by atoms with van der Waals surface area (Å²) in [7, 11) is 0. The number of ether oxygens (including phenoxy) is 1. The zero-order valence-corrected chi connectivity index (χ0v) is 15.2. The van der Waals surface area contributed by atoms with Crippen molar-refractivity contribution in [2.45, 2.75) is 6.92 Å². The molecule has 2 rings (SSSR count). The summed E-state index contributed by atoms with van der Waals surface area (Å²) in [6.07, 6.45) is 1.32. The molecule has 0 aliphatic rings. The van der Waals surface area contributed by atoms with Gasteiger partial charge in [-0.1, -0.05) is 41.9 Å². The summed E-state index contributed by atoms with van der Waals surface area (Å²) in [5.41, 5.74) is 1.31. The fraction of sp³-hybridized carbons (Fsp3) is 0.200. The van der Waals surface area contributed by atoms with E-state index < -0.39 is 5.97 Å². The van der Waals surface area contributed by atoms with E-state index in [9.17, 15) is 9.90 Å². The number of carbonyl (C=O) groups excluding carboxylic acids is 1. The zero-order chi connectivity index (χ0) is 18.8. The van der Waals surface area contributed by atoms with Crippen LogP contribution in [-0.2, 0) is 9.53 Å². The summed E-state index contributed by atoms with van der Waals surface area (Å²) in [5, 5.41) is 14.0. The van der Waals surface area contributed by atoms with Crippen LogP contribution in [0.5, 0.6) is 0 Å². The molecule has 0 atom stereocenters. The highest BCUT2D eigenvalue weighted by Crippen LogP contribution is 2.24. The van der Waals surface area contributed by atoms with Crippen LogP contribution in [0.1, 0.15) is 12.5 Å². The maximum atomic E-state index is 12.2. The van der Waals surface area contributed by atoms with Crippen molar-refractivity contribution in [1.82, 2.24) is 0 Å². The molecule has 0 fully saturated rings. The molecule has 136 valence electrons. The fourth-order valence-corrected chi connectivity index (χ4v) is 2.42. The number of esters is 1. The zero-order valence-electron chi connectivity index (χ0n) is 14.5. The second-order valence-electron chi connectivity index (χ2n) is 5.29. The standard InChI is InChI=1S/C20H21ClN2O3/c1-2-26-20(25)17(19(24)16-10-6-7-11-18(16)21)14-22-12-13-23-15-8-4-3-5-9-15/h3-11,14,23-24H,2,12-13H2,1H3. The molecule has 5 nitrogen and oxygen atoms in total. The second kappa shape index (κ2) is 10.3. The molecule has 2 N–H and O–H groups in total. The Hall–Kier alpha value is -2.79. The van der Waals surface area contributed by atoms with Crippen LogP contribution in [-0.4, -0.2) is 37.0 Å². The molecular formula is C20H21ClN2O3. The van der Waals surface area contributed by atoms with E-state index in [1.807, 2.05) is 30.3 Å². The van der Waals surface area contributed by atoms with Gasteiger partial charge in [-0.15, -0.1) is 0 Å². The number of para-hydroxylation sites is 1. The van der Waals surface area contributed by atoms with Crippen molar-refractivity contribution >= 4 is 35.2 Å². The van der Waals surface area contributed by atoms with Gasteiger partial charge in [0.1, 0.15) is 11.3 Å². The maximum Gasteiger partial charge on any atom is 0.343 e. The molecule has 26 heavy (non-hydrogen) atoms. The molecule has 2 aromatic rings. The minimum absolute atomic E-state index is 0.0281. The lowest BCUT2D eigenvalue weighted by molar-refractivity contribution is -0.137. The van der Waals surface area contributed by atoms with Gasteiger partial charge < -0.3 is 15.2 Å². The van der Waals surface area contributed by atoms with Gasteiger partial charge in [0.15, 0.2) is 0 Å². The predicted molar refractivity (Wildman–Crippen MR) is 106 cm³/mol. The summed E-state index contributed by atoms with van der Waals surface area (Å²) >= 11 is 6.10. The van der Waals surface area contributed by atoms with Gasteiger partial charge in [-0.05, 0) is 31.2 Å². The summed E-state index contributed by atoms with van der Waals surface area (Å²) in [6, 6.07) is 16.5. The molecule has 0 amide bonds. The lowest BCUT2D eigenvalue weighted by Crippen LogP contribution is -2.12. The van der Waals surface area contributed by atoms with Crippen molar-refractivity contribution in [3.8, 4) is 0 Å². The van der Waals surface area contributed by atoms with E-state index in [4.69, 9.17) is 16.3 Å². The summed E-state index contributed by atoms with van der Waals surface area (Å²) in [5.74, 6) is -0.904. The molecule has 0 saturated carbocycles. The number of hydrogen-bond acceptors (Lipinski definition) is 5. The number of nitrogens with zero attached hydrogens (tertiary/aromatic N) is 1. The number of aliphatic imine (C=N–C) groups is 1. The van der Waals surface area contributed by atoms with Gasteiger partial charge in [-0.2, -0.15) is 0 Å². The lowest BCUT2D eigenvalue weighted by Gasteiger charge is -2.08. The molecule has 0 spiro atoms. The van der Waals surface area contributed by atoms with Gasteiger partial charge in [-0.3, -0.25) is 4.99 Å². The average molecular weight is 373 g/mol. The van der Waals surface area contributed by atoms with Crippen LogP contribution >= 0.6 is 11.6 Å². The van der Waals surface area contributed by atoms with Crippen molar-refractivity contribution in [1.29, 1.82) is 0 Å². The molecule has 0 heterocycles. The molecule has 2 aromatic carbocycles. The minimum atomic E-state index is -0.648. The summed E-state index contributed by atoms with van der Waals surface area (Å²) < 4.78 is 5.01. The third-order valence-electron chi connectivity index (χ3n) is 3.44. The van der Waals surface area contributed by atoms with E-state index in [-0.39, 0.29) is 17.9 Å².